The molecule has 5 heteroatoms. The molecule has 2 aromatic rings. The number of hydrogen-bond acceptors (Lipinski definition) is 3. The molecule has 1 N–H and O–H groups in total. The van der Waals surface area contributed by atoms with Crippen LogP contribution in [0, 0.1) is 6.92 Å². The summed E-state index contributed by atoms with van der Waals surface area (Å²) in [5, 5.41) is 6.80. The van der Waals surface area contributed by atoms with Crippen LogP contribution in [0.2, 0.25) is 0 Å². The molecule has 0 bridgehead atoms. The molecule has 0 aliphatic heterocycles. The number of aromatic nitrogens is 1. The van der Waals surface area contributed by atoms with E-state index in [-0.39, 0.29) is 12.1 Å². The summed E-state index contributed by atoms with van der Waals surface area (Å²) in [7, 11) is 0. The Morgan fingerprint density at radius 1 is 1.30 bits per heavy atom. The molecule has 1 fully saturated rings. The summed E-state index contributed by atoms with van der Waals surface area (Å²) in [4.78, 5) is 14.9. The van der Waals surface area contributed by atoms with Crippen molar-refractivity contribution in [1.29, 1.82) is 0 Å². The summed E-state index contributed by atoms with van der Waals surface area (Å²) < 4.78 is 4.92. The number of benzene rings is 1. The zero-order valence-corrected chi connectivity index (χ0v) is 13.3. The van der Waals surface area contributed by atoms with Crippen molar-refractivity contribution < 1.29 is 9.32 Å². The third kappa shape index (κ3) is 2.71. The first-order valence-electron chi connectivity index (χ1n) is 8.32. The van der Waals surface area contributed by atoms with Crippen molar-refractivity contribution in [2.75, 3.05) is 5.32 Å². The summed E-state index contributed by atoms with van der Waals surface area (Å²) in [6.45, 7) is 1.88. The van der Waals surface area contributed by atoms with Gasteiger partial charge in [-0.25, -0.2) is 4.79 Å². The topological polar surface area (TPSA) is 58.4 Å². The SMILES string of the molecule is Cc1conc1NC(=O)N(C1CC1)[C@@H]1CCCc2ccccc21. The Balaban J connectivity index is 1.62. The van der Waals surface area contributed by atoms with Crippen LogP contribution in [0.15, 0.2) is 35.1 Å². The Hall–Kier alpha value is -2.30. The molecule has 1 aromatic carbocycles. The van der Waals surface area contributed by atoms with Gasteiger partial charge in [-0.3, -0.25) is 5.32 Å². The van der Waals surface area contributed by atoms with Crippen molar-refractivity contribution in [1.82, 2.24) is 10.1 Å². The number of urea groups is 1. The maximum absolute atomic E-state index is 12.9. The van der Waals surface area contributed by atoms with Gasteiger partial charge in [0.1, 0.15) is 6.26 Å². The van der Waals surface area contributed by atoms with E-state index in [9.17, 15) is 4.79 Å². The van der Waals surface area contributed by atoms with Crippen molar-refractivity contribution in [2.24, 2.45) is 0 Å². The van der Waals surface area contributed by atoms with E-state index >= 15 is 0 Å². The average Bonchev–Trinajstić information content (AvgIpc) is 3.31. The fourth-order valence-corrected chi connectivity index (χ4v) is 3.50. The quantitative estimate of drug-likeness (QED) is 0.930. The van der Waals surface area contributed by atoms with E-state index in [1.54, 1.807) is 6.26 Å². The first-order valence-corrected chi connectivity index (χ1v) is 8.32. The highest BCUT2D eigenvalue weighted by molar-refractivity contribution is 5.89. The lowest BCUT2D eigenvalue weighted by atomic mass is 9.87. The molecule has 2 aliphatic carbocycles. The first-order chi connectivity index (χ1) is 11.2. The summed E-state index contributed by atoms with van der Waals surface area (Å²) in [5.41, 5.74) is 3.52. The molecule has 120 valence electrons. The van der Waals surface area contributed by atoms with Gasteiger partial charge in [0.2, 0.25) is 0 Å². The third-order valence-corrected chi connectivity index (χ3v) is 4.82. The summed E-state index contributed by atoms with van der Waals surface area (Å²) in [5.74, 6) is 0.518. The molecule has 5 nitrogen and oxygen atoms in total. The minimum absolute atomic E-state index is 0.0637. The number of nitrogens with zero attached hydrogens (tertiary/aromatic N) is 2. The van der Waals surface area contributed by atoms with Gasteiger partial charge in [-0.15, -0.1) is 0 Å². The van der Waals surface area contributed by atoms with Gasteiger partial charge in [0.15, 0.2) is 5.82 Å². The molecule has 1 atom stereocenters. The van der Waals surface area contributed by atoms with Crippen molar-refractivity contribution in [3.05, 3.63) is 47.2 Å². The van der Waals surface area contributed by atoms with E-state index in [0.29, 0.717) is 11.9 Å². The Morgan fingerprint density at radius 3 is 2.87 bits per heavy atom. The number of hydrogen-bond donors (Lipinski definition) is 1. The van der Waals surface area contributed by atoms with E-state index in [1.807, 2.05) is 11.8 Å². The predicted octanol–water partition coefficient (Wildman–Crippen LogP) is 4.06. The molecule has 0 unspecified atom stereocenters. The van der Waals surface area contributed by atoms with Gasteiger partial charge in [0.05, 0.1) is 6.04 Å². The van der Waals surface area contributed by atoms with Gasteiger partial charge in [0.25, 0.3) is 0 Å². The van der Waals surface area contributed by atoms with Crippen LogP contribution in [-0.4, -0.2) is 22.1 Å². The lowest BCUT2D eigenvalue weighted by molar-refractivity contribution is 0.174. The van der Waals surface area contributed by atoms with Gasteiger partial charge in [-0.2, -0.15) is 0 Å². The monoisotopic (exact) mass is 311 g/mol. The minimum atomic E-state index is -0.0637. The number of amides is 2. The van der Waals surface area contributed by atoms with Crippen LogP contribution < -0.4 is 5.32 Å². The largest absolute Gasteiger partial charge is 0.362 e. The number of fused-ring (bicyclic) bond motifs is 1. The first kappa shape index (κ1) is 14.3. The highest BCUT2D eigenvalue weighted by Gasteiger charge is 2.39. The van der Waals surface area contributed by atoms with Gasteiger partial charge >= 0.3 is 6.03 Å². The molecule has 2 amide bonds. The second-order valence-electron chi connectivity index (χ2n) is 6.52. The van der Waals surface area contributed by atoms with E-state index in [4.69, 9.17) is 4.52 Å². The molecule has 0 saturated heterocycles. The fraction of sp³-hybridized carbons (Fsp3) is 0.444. The Morgan fingerprint density at radius 2 is 2.13 bits per heavy atom. The van der Waals surface area contributed by atoms with Crippen molar-refractivity contribution in [3.63, 3.8) is 0 Å². The molecular formula is C18H21N3O2. The van der Waals surface area contributed by atoms with E-state index in [0.717, 1.165) is 37.7 Å². The van der Waals surface area contributed by atoms with Crippen LogP contribution in [0.25, 0.3) is 0 Å². The normalized spacial score (nSPS) is 20.0. The third-order valence-electron chi connectivity index (χ3n) is 4.82. The molecule has 0 spiro atoms. The molecule has 1 saturated carbocycles. The maximum Gasteiger partial charge on any atom is 0.323 e. The minimum Gasteiger partial charge on any atom is -0.362 e. The van der Waals surface area contributed by atoms with Crippen LogP contribution >= 0.6 is 0 Å². The summed E-state index contributed by atoms with van der Waals surface area (Å²) in [6, 6.07) is 8.96. The number of carbonyl (C=O) groups is 1. The molecule has 23 heavy (non-hydrogen) atoms. The predicted molar refractivity (Wildman–Crippen MR) is 87.2 cm³/mol. The Kier molecular flexibility index (Phi) is 3.56. The van der Waals surface area contributed by atoms with Crippen LogP contribution in [0.5, 0.6) is 0 Å². The number of carbonyl (C=O) groups excluding carboxylic acids is 1. The molecule has 2 aliphatic rings. The number of rotatable bonds is 3. The molecule has 1 aromatic heterocycles. The van der Waals surface area contributed by atoms with E-state index in [2.05, 4.69) is 34.7 Å². The average molecular weight is 311 g/mol. The summed E-state index contributed by atoms with van der Waals surface area (Å²) in [6.07, 6.45) is 6.98. The smallest absolute Gasteiger partial charge is 0.323 e. The fourth-order valence-electron chi connectivity index (χ4n) is 3.50. The van der Waals surface area contributed by atoms with Crippen molar-refractivity contribution >= 4 is 11.8 Å². The molecule has 1 heterocycles. The zero-order valence-electron chi connectivity index (χ0n) is 13.3. The number of anilines is 1. The van der Waals surface area contributed by atoms with Crippen LogP contribution in [0.3, 0.4) is 0 Å². The molecular weight excluding hydrogens is 290 g/mol. The van der Waals surface area contributed by atoms with Crippen molar-refractivity contribution in [2.45, 2.75) is 51.1 Å². The zero-order chi connectivity index (χ0) is 15.8. The highest BCUT2D eigenvalue weighted by Crippen LogP contribution is 2.41. The highest BCUT2D eigenvalue weighted by atomic mass is 16.5. The standard InChI is InChI=1S/C18H21N3O2/c1-12-11-23-20-17(12)19-18(22)21(14-9-10-14)16-8-4-6-13-5-2-3-7-15(13)16/h2-3,5,7,11,14,16H,4,6,8-10H2,1H3,(H,19,20,22)/t16-/m1/s1. The second-order valence-corrected chi connectivity index (χ2v) is 6.52. The van der Waals surface area contributed by atoms with Gasteiger partial charge in [-0.1, -0.05) is 29.4 Å². The van der Waals surface area contributed by atoms with E-state index in [1.165, 1.54) is 11.1 Å². The molecule has 4 rings (SSSR count). The summed E-state index contributed by atoms with van der Waals surface area (Å²) >= 11 is 0. The Bertz CT molecular complexity index is 721. The lowest BCUT2D eigenvalue weighted by Gasteiger charge is -2.36. The van der Waals surface area contributed by atoms with Crippen LogP contribution in [-0.2, 0) is 6.42 Å². The number of nitrogens with one attached hydrogen (secondary N) is 1. The van der Waals surface area contributed by atoms with E-state index < -0.39 is 0 Å². The lowest BCUT2D eigenvalue weighted by Crippen LogP contribution is -2.41. The van der Waals surface area contributed by atoms with Gasteiger partial charge in [0, 0.05) is 11.6 Å². The van der Waals surface area contributed by atoms with Gasteiger partial charge in [-0.05, 0) is 50.2 Å². The van der Waals surface area contributed by atoms with Crippen molar-refractivity contribution in [3.8, 4) is 0 Å². The molecule has 0 radical (unpaired) electrons. The van der Waals surface area contributed by atoms with Crippen LogP contribution in [0.1, 0.15) is 48.4 Å². The van der Waals surface area contributed by atoms with Gasteiger partial charge < -0.3 is 9.42 Å². The number of aryl methyl sites for hydroxylation is 2. The second kappa shape index (κ2) is 5.72. The van der Waals surface area contributed by atoms with Crippen LogP contribution in [0.4, 0.5) is 10.6 Å². The Labute approximate surface area is 135 Å². The maximum atomic E-state index is 12.9.